The van der Waals surface area contributed by atoms with Crippen LogP contribution in [0.1, 0.15) is 26.7 Å². The lowest BCUT2D eigenvalue weighted by Crippen LogP contribution is -2.30. The van der Waals surface area contributed by atoms with Crippen LogP contribution in [0.3, 0.4) is 0 Å². The summed E-state index contributed by atoms with van der Waals surface area (Å²) in [7, 11) is 0. The molecule has 1 aliphatic heterocycles. The van der Waals surface area contributed by atoms with Crippen LogP contribution in [0.4, 0.5) is 0 Å². The lowest BCUT2D eigenvalue weighted by atomic mass is 10.1. The molecule has 0 aromatic rings. The Labute approximate surface area is 56.4 Å². The number of hydrogen-bond donors (Lipinski definition) is 1. The van der Waals surface area contributed by atoms with Crippen molar-refractivity contribution in [3.05, 3.63) is 0 Å². The Morgan fingerprint density at radius 1 is 1.78 bits per heavy atom. The number of nitrogens with one attached hydrogen (secondary N) is 1. The molecule has 1 aliphatic rings. The predicted molar refractivity (Wildman–Crippen MR) is 39.8 cm³/mol. The number of hydrogen-bond acceptors (Lipinski definition) is 2. The fraction of sp³-hybridized carbons (Fsp3) is 0.857. The molecule has 9 heavy (non-hydrogen) atoms. The average molecular weight is 126 g/mol. The third kappa shape index (κ3) is 1.70. The smallest absolute Gasteiger partial charge is 0.0935 e. The Kier molecular flexibility index (Phi) is 2.09. The number of aliphatic imine (C=N–C) groups is 1. The van der Waals surface area contributed by atoms with E-state index in [2.05, 4.69) is 17.2 Å². The van der Waals surface area contributed by atoms with Crippen molar-refractivity contribution in [2.75, 3.05) is 6.54 Å². The molecule has 0 aliphatic carbocycles. The zero-order valence-electron chi connectivity index (χ0n) is 6.15. The molecule has 0 saturated carbocycles. The second-order valence-electron chi connectivity index (χ2n) is 2.49. The standard InChI is InChI=1S/C7H14N2/c1-3-7-4-5-8-6(2)9-7/h7H,3-5H2,1-2H3,(H,8,9). The van der Waals surface area contributed by atoms with Crippen molar-refractivity contribution in [3.8, 4) is 0 Å². The SMILES string of the molecule is CCC1CCNC(C)=N1. The molecular weight excluding hydrogens is 112 g/mol. The van der Waals surface area contributed by atoms with E-state index in [0.717, 1.165) is 12.4 Å². The maximum atomic E-state index is 4.41. The Hall–Kier alpha value is -0.530. The summed E-state index contributed by atoms with van der Waals surface area (Å²) in [6, 6.07) is 0.589. The molecule has 0 amide bonds. The summed E-state index contributed by atoms with van der Waals surface area (Å²) < 4.78 is 0. The van der Waals surface area contributed by atoms with E-state index in [-0.39, 0.29) is 0 Å². The minimum atomic E-state index is 0.589. The largest absolute Gasteiger partial charge is 0.374 e. The molecule has 0 fully saturated rings. The molecule has 0 aromatic heterocycles. The quantitative estimate of drug-likeness (QED) is 0.560. The van der Waals surface area contributed by atoms with Gasteiger partial charge >= 0.3 is 0 Å². The van der Waals surface area contributed by atoms with Gasteiger partial charge in [-0.2, -0.15) is 0 Å². The first-order chi connectivity index (χ1) is 4.33. The summed E-state index contributed by atoms with van der Waals surface area (Å²) >= 11 is 0. The predicted octanol–water partition coefficient (Wildman–Crippen LogP) is 1.18. The lowest BCUT2D eigenvalue weighted by Gasteiger charge is -2.18. The number of nitrogens with zero attached hydrogens (tertiary/aromatic N) is 1. The molecule has 1 N–H and O–H groups in total. The first-order valence-electron chi connectivity index (χ1n) is 3.61. The van der Waals surface area contributed by atoms with Crippen molar-refractivity contribution < 1.29 is 0 Å². The summed E-state index contributed by atoms with van der Waals surface area (Å²) in [4.78, 5) is 4.41. The average Bonchev–Trinajstić information content (AvgIpc) is 1.88. The van der Waals surface area contributed by atoms with E-state index in [1.165, 1.54) is 12.8 Å². The van der Waals surface area contributed by atoms with Crippen LogP contribution in [0.25, 0.3) is 0 Å². The molecule has 2 nitrogen and oxygen atoms in total. The fourth-order valence-corrected chi connectivity index (χ4v) is 1.10. The van der Waals surface area contributed by atoms with Gasteiger partial charge in [0, 0.05) is 6.54 Å². The first-order valence-corrected chi connectivity index (χ1v) is 3.61. The van der Waals surface area contributed by atoms with Crippen LogP contribution in [-0.2, 0) is 0 Å². The third-order valence-electron chi connectivity index (χ3n) is 1.71. The lowest BCUT2D eigenvalue weighted by molar-refractivity contribution is 0.561. The summed E-state index contributed by atoms with van der Waals surface area (Å²) in [6.07, 6.45) is 2.38. The van der Waals surface area contributed by atoms with Gasteiger partial charge in [0.2, 0.25) is 0 Å². The van der Waals surface area contributed by atoms with Crippen molar-refractivity contribution in [3.63, 3.8) is 0 Å². The van der Waals surface area contributed by atoms with E-state index in [9.17, 15) is 0 Å². The second-order valence-corrected chi connectivity index (χ2v) is 2.49. The van der Waals surface area contributed by atoms with Gasteiger partial charge in [0.1, 0.15) is 0 Å². The highest BCUT2D eigenvalue weighted by Crippen LogP contribution is 2.05. The van der Waals surface area contributed by atoms with E-state index in [1.807, 2.05) is 6.92 Å². The minimum Gasteiger partial charge on any atom is -0.374 e. The molecule has 1 rings (SSSR count). The Morgan fingerprint density at radius 2 is 2.56 bits per heavy atom. The van der Waals surface area contributed by atoms with Gasteiger partial charge in [-0.3, -0.25) is 4.99 Å². The van der Waals surface area contributed by atoms with Gasteiger partial charge in [-0.25, -0.2) is 0 Å². The Balaban J connectivity index is 2.47. The summed E-state index contributed by atoms with van der Waals surface area (Å²) in [5.74, 6) is 1.10. The molecule has 1 heterocycles. The van der Waals surface area contributed by atoms with Gasteiger partial charge in [0.15, 0.2) is 0 Å². The Morgan fingerprint density at radius 3 is 3.00 bits per heavy atom. The maximum absolute atomic E-state index is 4.41. The number of rotatable bonds is 1. The molecule has 0 spiro atoms. The normalized spacial score (nSPS) is 26.9. The highest BCUT2D eigenvalue weighted by atomic mass is 15.0. The monoisotopic (exact) mass is 126 g/mol. The molecule has 1 unspecified atom stereocenters. The summed E-state index contributed by atoms with van der Waals surface area (Å²) in [6.45, 7) is 5.32. The zero-order chi connectivity index (χ0) is 6.69. The molecule has 0 radical (unpaired) electrons. The van der Waals surface area contributed by atoms with Gasteiger partial charge in [-0.1, -0.05) is 6.92 Å². The second kappa shape index (κ2) is 2.85. The van der Waals surface area contributed by atoms with E-state index >= 15 is 0 Å². The van der Waals surface area contributed by atoms with Crippen molar-refractivity contribution in [1.82, 2.24) is 5.32 Å². The molecule has 2 heteroatoms. The first kappa shape index (κ1) is 6.59. The Bertz CT molecular complexity index is 118. The van der Waals surface area contributed by atoms with E-state index in [4.69, 9.17) is 0 Å². The van der Waals surface area contributed by atoms with Crippen LogP contribution in [-0.4, -0.2) is 18.4 Å². The molecule has 52 valence electrons. The number of amidine groups is 1. The van der Waals surface area contributed by atoms with Crippen molar-refractivity contribution in [1.29, 1.82) is 0 Å². The fourth-order valence-electron chi connectivity index (χ4n) is 1.10. The van der Waals surface area contributed by atoms with Crippen LogP contribution >= 0.6 is 0 Å². The van der Waals surface area contributed by atoms with Gasteiger partial charge in [-0.15, -0.1) is 0 Å². The van der Waals surface area contributed by atoms with E-state index < -0.39 is 0 Å². The van der Waals surface area contributed by atoms with Crippen molar-refractivity contribution >= 4 is 5.84 Å². The highest BCUT2D eigenvalue weighted by Gasteiger charge is 2.08. The van der Waals surface area contributed by atoms with Crippen molar-refractivity contribution in [2.45, 2.75) is 32.7 Å². The summed E-state index contributed by atoms with van der Waals surface area (Å²) in [5, 5.41) is 3.20. The van der Waals surface area contributed by atoms with Crippen LogP contribution in [0.2, 0.25) is 0 Å². The topological polar surface area (TPSA) is 24.4 Å². The molecule has 0 saturated heterocycles. The van der Waals surface area contributed by atoms with Crippen molar-refractivity contribution in [2.24, 2.45) is 4.99 Å². The van der Waals surface area contributed by atoms with Crippen LogP contribution in [0.5, 0.6) is 0 Å². The zero-order valence-corrected chi connectivity index (χ0v) is 6.15. The van der Waals surface area contributed by atoms with Gasteiger partial charge in [-0.05, 0) is 19.8 Å². The van der Waals surface area contributed by atoms with Crippen LogP contribution < -0.4 is 5.32 Å². The molecular formula is C7H14N2. The summed E-state index contributed by atoms with van der Waals surface area (Å²) in [5.41, 5.74) is 0. The third-order valence-corrected chi connectivity index (χ3v) is 1.71. The van der Waals surface area contributed by atoms with Crippen LogP contribution in [0, 0.1) is 0 Å². The maximum Gasteiger partial charge on any atom is 0.0935 e. The van der Waals surface area contributed by atoms with Crippen LogP contribution in [0.15, 0.2) is 4.99 Å². The van der Waals surface area contributed by atoms with E-state index in [1.54, 1.807) is 0 Å². The highest BCUT2D eigenvalue weighted by molar-refractivity contribution is 5.80. The minimum absolute atomic E-state index is 0.589. The molecule has 1 atom stereocenters. The molecule has 0 bridgehead atoms. The molecule has 0 aromatic carbocycles. The van der Waals surface area contributed by atoms with E-state index in [0.29, 0.717) is 6.04 Å². The van der Waals surface area contributed by atoms with Gasteiger partial charge in [0.05, 0.1) is 11.9 Å². The van der Waals surface area contributed by atoms with Gasteiger partial charge in [0.25, 0.3) is 0 Å². The van der Waals surface area contributed by atoms with Gasteiger partial charge < -0.3 is 5.32 Å².